The molecule has 2 aromatic rings. The Morgan fingerprint density at radius 3 is 2.33 bits per heavy atom. The van der Waals surface area contributed by atoms with Crippen LogP contribution in [0, 0.1) is 20.8 Å². The van der Waals surface area contributed by atoms with E-state index in [1.165, 1.54) is 0 Å². The van der Waals surface area contributed by atoms with Gasteiger partial charge in [0.05, 0.1) is 11.5 Å². The SMILES string of the molecule is CCOc1ccc(/C=C2/SC(=O)N(CC(=O)Nc3c(C)cc(C)cc3C)C2=O)cc1. The van der Waals surface area contributed by atoms with Crippen molar-refractivity contribution in [1.29, 1.82) is 0 Å². The van der Waals surface area contributed by atoms with Crippen LogP contribution in [0.15, 0.2) is 41.3 Å². The number of imide groups is 1. The molecular weight excluding hydrogens is 400 g/mol. The monoisotopic (exact) mass is 424 g/mol. The van der Waals surface area contributed by atoms with Crippen molar-refractivity contribution in [2.75, 3.05) is 18.5 Å². The van der Waals surface area contributed by atoms with Crippen LogP contribution in [-0.2, 0) is 9.59 Å². The second kappa shape index (κ2) is 9.17. The zero-order valence-electron chi connectivity index (χ0n) is 17.4. The van der Waals surface area contributed by atoms with Gasteiger partial charge in [-0.15, -0.1) is 0 Å². The molecule has 1 saturated heterocycles. The number of amides is 3. The molecule has 0 aromatic heterocycles. The van der Waals surface area contributed by atoms with E-state index in [0.717, 1.165) is 44.7 Å². The molecule has 1 aliphatic rings. The minimum Gasteiger partial charge on any atom is -0.494 e. The third-order valence-electron chi connectivity index (χ3n) is 4.61. The smallest absolute Gasteiger partial charge is 0.294 e. The molecule has 3 rings (SSSR count). The molecule has 0 saturated carbocycles. The van der Waals surface area contributed by atoms with E-state index in [2.05, 4.69) is 5.32 Å². The summed E-state index contributed by atoms with van der Waals surface area (Å²) >= 11 is 0.835. The number of hydrogen-bond acceptors (Lipinski definition) is 5. The summed E-state index contributed by atoms with van der Waals surface area (Å²) in [7, 11) is 0. The van der Waals surface area contributed by atoms with Crippen molar-refractivity contribution >= 4 is 40.6 Å². The quantitative estimate of drug-likeness (QED) is 0.681. The Bertz CT molecular complexity index is 1000. The average molecular weight is 425 g/mol. The molecule has 0 spiro atoms. The van der Waals surface area contributed by atoms with Crippen molar-refractivity contribution in [1.82, 2.24) is 4.90 Å². The zero-order chi connectivity index (χ0) is 21.8. The van der Waals surface area contributed by atoms with Crippen molar-refractivity contribution in [2.24, 2.45) is 0 Å². The maximum Gasteiger partial charge on any atom is 0.294 e. The number of nitrogens with zero attached hydrogens (tertiary/aromatic N) is 1. The molecule has 1 aliphatic heterocycles. The average Bonchev–Trinajstić information content (AvgIpc) is 2.94. The Morgan fingerprint density at radius 1 is 1.10 bits per heavy atom. The first-order valence-corrected chi connectivity index (χ1v) is 10.5. The van der Waals surface area contributed by atoms with Crippen molar-refractivity contribution in [3.8, 4) is 5.75 Å². The van der Waals surface area contributed by atoms with Gasteiger partial charge in [0.2, 0.25) is 5.91 Å². The highest BCUT2D eigenvalue weighted by Gasteiger charge is 2.36. The first-order chi connectivity index (χ1) is 14.3. The standard InChI is InChI=1S/C23H24N2O4S/c1-5-29-18-8-6-17(7-9-18)12-19-22(27)25(23(28)30-19)13-20(26)24-21-15(3)10-14(2)11-16(21)4/h6-12H,5,13H2,1-4H3,(H,24,26)/b19-12+. The Hall–Kier alpha value is -3.06. The topological polar surface area (TPSA) is 75.7 Å². The number of ether oxygens (including phenoxy) is 1. The molecule has 0 aliphatic carbocycles. The first kappa shape index (κ1) is 21.6. The van der Waals surface area contributed by atoms with Crippen LogP contribution in [-0.4, -0.2) is 35.1 Å². The highest BCUT2D eigenvalue weighted by Crippen LogP contribution is 2.32. The number of thioether (sulfide) groups is 1. The molecule has 1 heterocycles. The fourth-order valence-electron chi connectivity index (χ4n) is 3.31. The number of carbonyl (C=O) groups is 3. The van der Waals surface area contributed by atoms with Gasteiger partial charge in [-0.1, -0.05) is 29.8 Å². The van der Waals surface area contributed by atoms with E-state index >= 15 is 0 Å². The summed E-state index contributed by atoms with van der Waals surface area (Å²) in [5, 5.41) is 2.37. The van der Waals surface area contributed by atoms with E-state index in [0.29, 0.717) is 17.2 Å². The van der Waals surface area contributed by atoms with Crippen LogP contribution < -0.4 is 10.1 Å². The van der Waals surface area contributed by atoms with E-state index < -0.39 is 17.1 Å². The van der Waals surface area contributed by atoms with Crippen LogP contribution >= 0.6 is 11.8 Å². The van der Waals surface area contributed by atoms with Crippen LogP contribution in [0.2, 0.25) is 0 Å². The van der Waals surface area contributed by atoms with Crippen molar-refractivity contribution in [3.63, 3.8) is 0 Å². The number of nitrogens with one attached hydrogen (secondary N) is 1. The summed E-state index contributed by atoms with van der Waals surface area (Å²) in [5.41, 5.74) is 4.46. The molecule has 1 N–H and O–H groups in total. The van der Waals surface area contributed by atoms with Gasteiger partial charge < -0.3 is 10.1 Å². The van der Waals surface area contributed by atoms with Crippen LogP contribution in [0.25, 0.3) is 6.08 Å². The fourth-order valence-corrected chi connectivity index (χ4v) is 4.15. The maximum atomic E-state index is 12.7. The second-order valence-corrected chi connectivity index (χ2v) is 8.08. The van der Waals surface area contributed by atoms with Gasteiger partial charge in [-0.05, 0) is 74.4 Å². The molecule has 0 radical (unpaired) electrons. The lowest BCUT2D eigenvalue weighted by Gasteiger charge is -2.15. The van der Waals surface area contributed by atoms with E-state index in [1.54, 1.807) is 18.2 Å². The number of aryl methyl sites for hydroxylation is 3. The molecule has 30 heavy (non-hydrogen) atoms. The van der Waals surface area contributed by atoms with Gasteiger partial charge >= 0.3 is 0 Å². The van der Waals surface area contributed by atoms with E-state index in [4.69, 9.17) is 4.74 Å². The second-order valence-electron chi connectivity index (χ2n) is 7.09. The van der Waals surface area contributed by atoms with Crippen LogP contribution in [0.3, 0.4) is 0 Å². The molecule has 0 atom stereocenters. The Balaban J connectivity index is 1.69. The summed E-state index contributed by atoms with van der Waals surface area (Å²) in [6.07, 6.45) is 1.65. The van der Waals surface area contributed by atoms with Crippen LogP contribution in [0.1, 0.15) is 29.2 Å². The molecule has 1 fully saturated rings. The van der Waals surface area contributed by atoms with Gasteiger partial charge in [0, 0.05) is 5.69 Å². The number of carbonyl (C=O) groups excluding carboxylic acids is 3. The highest BCUT2D eigenvalue weighted by atomic mass is 32.2. The van der Waals surface area contributed by atoms with Crippen molar-refractivity contribution in [3.05, 3.63) is 63.6 Å². The van der Waals surface area contributed by atoms with Crippen molar-refractivity contribution in [2.45, 2.75) is 27.7 Å². The number of rotatable bonds is 6. The normalized spacial score (nSPS) is 15.1. The van der Waals surface area contributed by atoms with E-state index in [1.807, 2.05) is 52.0 Å². The summed E-state index contributed by atoms with van der Waals surface area (Å²) in [6, 6.07) is 11.2. The number of benzene rings is 2. The number of hydrogen-bond donors (Lipinski definition) is 1. The lowest BCUT2D eigenvalue weighted by atomic mass is 10.1. The maximum absolute atomic E-state index is 12.7. The van der Waals surface area contributed by atoms with E-state index in [-0.39, 0.29) is 6.54 Å². The van der Waals surface area contributed by atoms with Crippen LogP contribution in [0.5, 0.6) is 5.75 Å². The third kappa shape index (κ3) is 4.91. The molecule has 2 aromatic carbocycles. The van der Waals surface area contributed by atoms with E-state index in [9.17, 15) is 14.4 Å². The largest absolute Gasteiger partial charge is 0.494 e. The molecule has 6 nitrogen and oxygen atoms in total. The van der Waals surface area contributed by atoms with Gasteiger partial charge in [-0.25, -0.2) is 0 Å². The Kier molecular flexibility index (Phi) is 6.62. The number of anilines is 1. The van der Waals surface area contributed by atoms with Gasteiger partial charge in [0.15, 0.2) is 0 Å². The molecule has 3 amide bonds. The first-order valence-electron chi connectivity index (χ1n) is 9.64. The molecule has 7 heteroatoms. The summed E-state index contributed by atoms with van der Waals surface area (Å²) in [6.45, 7) is 7.97. The van der Waals surface area contributed by atoms with Gasteiger partial charge in [-0.2, -0.15) is 0 Å². The molecule has 0 unspecified atom stereocenters. The summed E-state index contributed by atoms with van der Waals surface area (Å²) < 4.78 is 5.40. The van der Waals surface area contributed by atoms with Gasteiger partial charge in [0.25, 0.3) is 11.1 Å². The molecule has 156 valence electrons. The highest BCUT2D eigenvalue weighted by molar-refractivity contribution is 8.18. The van der Waals surface area contributed by atoms with Crippen LogP contribution in [0.4, 0.5) is 10.5 Å². The zero-order valence-corrected chi connectivity index (χ0v) is 18.3. The minimum absolute atomic E-state index is 0.291. The predicted molar refractivity (Wildman–Crippen MR) is 120 cm³/mol. The lowest BCUT2D eigenvalue weighted by molar-refractivity contribution is -0.127. The summed E-state index contributed by atoms with van der Waals surface area (Å²) in [4.78, 5) is 38.8. The lowest BCUT2D eigenvalue weighted by Crippen LogP contribution is -2.36. The molecule has 0 bridgehead atoms. The third-order valence-corrected chi connectivity index (χ3v) is 5.51. The Morgan fingerprint density at radius 2 is 1.73 bits per heavy atom. The van der Waals surface area contributed by atoms with Gasteiger partial charge in [-0.3, -0.25) is 19.3 Å². The Labute approximate surface area is 180 Å². The van der Waals surface area contributed by atoms with Gasteiger partial charge in [0.1, 0.15) is 12.3 Å². The predicted octanol–water partition coefficient (Wildman–Crippen LogP) is 4.69. The summed E-state index contributed by atoms with van der Waals surface area (Å²) in [5.74, 6) is -0.137. The molecular formula is C23H24N2O4S. The minimum atomic E-state index is -0.466. The fraction of sp³-hybridized carbons (Fsp3) is 0.261. The van der Waals surface area contributed by atoms with Crippen molar-refractivity contribution < 1.29 is 19.1 Å².